The molecule has 2 rings (SSSR count). The molecule has 0 bridgehead atoms. The molecule has 1 aliphatic rings. The molecule has 1 aromatic rings. The number of ether oxygens (including phenoxy) is 2. The lowest BCUT2D eigenvalue weighted by Crippen LogP contribution is -2.31. The number of benzene rings is 1. The molecule has 1 aliphatic heterocycles. The molecule has 2 N–H and O–H groups in total. The van der Waals surface area contributed by atoms with Crippen LogP contribution in [0.2, 0.25) is 0 Å². The van der Waals surface area contributed by atoms with Gasteiger partial charge in [0.2, 0.25) is 0 Å². The molecule has 0 fully saturated rings. The van der Waals surface area contributed by atoms with Gasteiger partial charge in [0.05, 0.1) is 30.8 Å². The minimum Gasteiger partial charge on any atom is -0.494 e. The van der Waals surface area contributed by atoms with E-state index in [1.165, 1.54) is 7.11 Å². The van der Waals surface area contributed by atoms with Crippen molar-refractivity contribution >= 4 is 11.9 Å². The molecular formula is C19H23NO5. The van der Waals surface area contributed by atoms with Gasteiger partial charge in [0.1, 0.15) is 5.75 Å². The summed E-state index contributed by atoms with van der Waals surface area (Å²) in [7, 11) is 1.28. The second kappa shape index (κ2) is 7.88. The Bertz CT molecular complexity index is 748. The number of methoxy groups -OCH3 is 1. The molecule has 0 aliphatic carbocycles. The molecule has 0 saturated heterocycles. The SMILES string of the molecule is CCCOc1cccc(C2C(C(=O)O)=C(C)NC(C)=C2C(=O)OC)c1. The Balaban J connectivity index is 2.59. The highest BCUT2D eigenvalue weighted by molar-refractivity contribution is 5.99. The van der Waals surface area contributed by atoms with E-state index in [1.54, 1.807) is 32.0 Å². The summed E-state index contributed by atoms with van der Waals surface area (Å²) in [5.74, 6) is -1.72. The monoisotopic (exact) mass is 345 g/mol. The van der Waals surface area contributed by atoms with Gasteiger partial charge in [0.15, 0.2) is 0 Å². The third kappa shape index (κ3) is 3.84. The van der Waals surface area contributed by atoms with E-state index in [4.69, 9.17) is 9.47 Å². The van der Waals surface area contributed by atoms with Crippen LogP contribution in [0, 0.1) is 0 Å². The predicted molar refractivity (Wildman–Crippen MR) is 93.2 cm³/mol. The first-order chi connectivity index (χ1) is 11.9. The van der Waals surface area contributed by atoms with E-state index in [2.05, 4.69) is 5.32 Å². The summed E-state index contributed by atoms with van der Waals surface area (Å²) in [6, 6.07) is 7.17. The molecular weight excluding hydrogens is 322 g/mol. The summed E-state index contributed by atoms with van der Waals surface area (Å²) >= 11 is 0. The number of hydrogen-bond donors (Lipinski definition) is 2. The van der Waals surface area contributed by atoms with Gasteiger partial charge in [-0.2, -0.15) is 0 Å². The fourth-order valence-corrected chi connectivity index (χ4v) is 3.00. The minimum atomic E-state index is -1.08. The fourth-order valence-electron chi connectivity index (χ4n) is 3.00. The highest BCUT2D eigenvalue weighted by Crippen LogP contribution is 2.39. The number of allylic oxidation sites excluding steroid dienone is 2. The molecule has 0 amide bonds. The number of aliphatic carboxylic acids is 1. The van der Waals surface area contributed by atoms with Crippen LogP contribution < -0.4 is 10.1 Å². The first-order valence-electron chi connectivity index (χ1n) is 8.13. The minimum absolute atomic E-state index is 0.124. The normalized spacial score (nSPS) is 17.2. The maximum atomic E-state index is 12.3. The lowest BCUT2D eigenvalue weighted by molar-refractivity contribution is -0.136. The molecule has 6 heteroatoms. The Morgan fingerprint density at radius 3 is 2.48 bits per heavy atom. The number of carbonyl (C=O) groups is 2. The molecule has 1 unspecified atom stereocenters. The van der Waals surface area contributed by atoms with Crippen LogP contribution in [-0.4, -0.2) is 30.8 Å². The molecule has 0 aromatic heterocycles. The van der Waals surface area contributed by atoms with Gasteiger partial charge < -0.3 is 19.9 Å². The molecule has 0 spiro atoms. The van der Waals surface area contributed by atoms with Crippen molar-refractivity contribution in [2.45, 2.75) is 33.1 Å². The first kappa shape index (κ1) is 18.6. The quantitative estimate of drug-likeness (QED) is 0.771. The van der Waals surface area contributed by atoms with Crippen molar-refractivity contribution in [2.75, 3.05) is 13.7 Å². The van der Waals surface area contributed by atoms with Crippen molar-refractivity contribution in [3.8, 4) is 5.75 Å². The van der Waals surface area contributed by atoms with Gasteiger partial charge in [0, 0.05) is 11.4 Å². The molecule has 1 atom stereocenters. The van der Waals surface area contributed by atoms with E-state index in [0.717, 1.165) is 6.42 Å². The Hall–Kier alpha value is -2.76. The van der Waals surface area contributed by atoms with Crippen LogP contribution in [0.1, 0.15) is 38.7 Å². The van der Waals surface area contributed by atoms with Crippen LogP contribution >= 0.6 is 0 Å². The summed E-state index contributed by atoms with van der Waals surface area (Å²) in [5.41, 5.74) is 2.17. The van der Waals surface area contributed by atoms with Crippen molar-refractivity contribution in [3.63, 3.8) is 0 Å². The standard InChI is InChI=1S/C19H23NO5/c1-5-9-25-14-8-6-7-13(10-14)17-15(18(21)22)11(2)20-12(3)16(17)19(23)24-4/h6-8,10,17,20H,5,9H2,1-4H3,(H,21,22). The van der Waals surface area contributed by atoms with E-state index in [9.17, 15) is 14.7 Å². The predicted octanol–water partition coefficient (Wildman–Crippen LogP) is 2.97. The molecule has 1 heterocycles. The van der Waals surface area contributed by atoms with Gasteiger partial charge in [0.25, 0.3) is 0 Å². The average molecular weight is 345 g/mol. The van der Waals surface area contributed by atoms with Crippen molar-refractivity contribution in [3.05, 3.63) is 52.4 Å². The highest BCUT2D eigenvalue weighted by Gasteiger charge is 2.37. The van der Waals surface area contributed by atoms with E-state index < -0.39 is 17.9 Å². The summed E-state index contributed by atoms with van der Waals surface area (Å²) in [5, 5.41) is 12.7. The number of esters is 1. The molecule has 134 valence electrons. The Kier molecular flexibility index (Phi) is 5.85. The number of carboxylic acid groups (broad SMARTS) is 1. The summed E-state index contributed by atoms with van der Waals surface area (Å²) in [4.78, 5) is 24.2. The van der Waals surface area contributed by atoms with Crippen LogP contribution in [0.4, 0.5) is 0 Å². The highest BCUT2D eigenvalue weighted by atomic mass is 16.5. The van der Waals surface area contributed by atoms with Crippen LogP contribution in [0.5, 0.6) is 5.75 Å². The topological polar surface area (TPSA) is 84.9 Å². The Morgan fingerprint density at radius 1 is 1.20 bits per heavy atom. The summed E-state index contributed by atoms with van der Waals surface area (Å²) in [6.45, 7) is 5.99. The third-order valence-electron chi connectivity index (χ3n) is 4.06. The average Bonchev–Trinajstić information content (AvgIpc) is 2.58. The number of dihydropyridines is 1. The second-order valence-electron chi connectivity index (χ2n) is 5.85. The zero-order valence-electron chi connectivity index (χ0n) is 14.9. The van der Waals surface area contributed by atoms with E-state index in [-0.39, 0.29) is 11.1 Å². The largest absolute Gasteiger partial charge is 0.494 e. The van der Waals surface area contributed by atoms with Gasteiger partial charge in [-0.25, -0.2) is 9.59 Å². The summed E-state index contributed by atoms with van der Waals surface area (Å²) < 4.78 is 10.5. The van der Waals surface area contributed by atoms with Crippen molar-refractivity contribution in [2.24, 2.45) is 0 Å². The first-order valence-corrected chi connectivity index (χ1v) is 8.13. The molecule has 1 aromatic carbocycles. The van der Waals surface area contributed by atoms with Crippen LogP contribution in [0.25, 0.3) is 0 Å². The fraction of sp³-hybridized carbons (Fsp3) is 0.368. The van der Waals surface area contributed by atoms with E-state index >= 15 is 0 Å². The number of nitrogens with one attached hydrogen (secondary N) is 1. The maximum absolute atomic E-state index is 12.3. The van der Waals surface area contributed by atoms with Gasteiger partial charge in [-0.15, -0.1) is 0 Å². The number of rotatable bonds is 6. The van der Waals surface area contributed by atoms with Crippen LogP contribution in [-0.2, 0) is 14.3 Å². The number of carbonyl (C=O) groups excluding carboxylic acids is 1. The zero-order valence-corrected chi connectivity index (χ0v) is 14.9. The second-order valence-corrected chi connectivity index (χ2v) is 5.85. The van der Waals surface area contributed by atoms with Gasteiger partial charge in [-0.1, -0.05) is 19.1 Å². The molecule has 0 saturated carbocycles. The van der Waals surface area contributed by atoms with Crippen molar-refractivity contribution in [1.29, 1.82) is 0 Å². The van der Waals surface area contributed by atoms with Crippen LogP contribution in [0.3, 0.4) is 0 Å². The van der Waals surface area contributed by atoms with Crippen LogP contribution in [0.15, 0.2) is 46.8 Å². The van der Waals surface area contributed by atoms with Crippen molar-refractivity contribution < 1.29 is 24.2 Å². The van der Waals surface area contributed by atoms with Crippen molar-refractivity contribution in [1.82, 2.24) is 5.32 Å². The molecule has 0 radical (unpaired) electrons. The lowest BCUT2D eigenvalue weighted by atomic mass is 9.80. The molecule has 6 nitrogen and oxygen atoms in total. The summed E-state index contributed by atoms with van der Waals surface area (Å²) in [6.07, 6.45) is 0.864. The Morgan fingerprint density at radius 2 is 1.88 bits per heavy atom. The van der Waals surface area contributed by atoms with E-state index in [1.807, 2.05) is 13.0 Å². The van der Waals surface area contributed by atoms with Gasteiger partial charge in [-0.05, 0) is 38.0 Å². The number of carboxylic acids is 1. The molecule has 25 heavy (non-hydrogen) atoms. The Labute approximate surface area is 147 Å². The van der Waals surface area contributed by atoms with E-state index in [0.29, 0.717) is 29.3 Å². The zero-order chi connectivity index (χ0) is 18.6. The smallest absolute Gasteiger partial charge is 0.336 e. The number of hydrogen-bond acceptors (Lipinski definition) is 5. The van der Waals surface area contributed by atoms with Gasteiger partial charge in [-0.3, -0.25) is 0 Å². The van der Waals surface area contributed by atoms with Gasteiger partial charge >= 0.3 is 11.9 Å². The lowest BCUT2D eigenvalue weighted by Gasteiger charge is -2.29. The third-order valence-corrected chi connectivity index (χ3v) is 4.06. The maximum Gasteiger partial charge on any atom is 0.336 e.